The molecule has 0 N–H and O–H groups in total. The van der Waals surface area contributed by atoms with Gasteiger partial charge in [0.05, 0.1) is 12.5 Å². The highest BCUT2D eigenvalue weighted by Crippen LogP contribution is 2.25. The Kier molecular flexibility index (Phi) is 3.65. The minimum absolute atomic E-state index is 0.335. The summed E-state index contributed by atoms with van der Waals surface area (Å²) in [5.41, 5.74) is 3.80. The summed E-state index contributed by atoms with van der Waals surface area (Å²) in [7, 11) is 0. The van der Waals surface area contributed by atoms with Crippen LogP contribution in [0.25, 0.3) is 17.7 Å². The van der Waals surface area contributed by atoms with E-state index in [2.05, 4.69) is 25.8 Å². The lowest BCUT2D eigenvalue weighted by Gasteiger charge is -2.09. The molecule has 1 aromatic rings. The molecule has 0 saturated carbocycles. The van der Waals surface area contributed by atoms with Crippen LogP contribution in [0.1, 0.15) is 23.1 Å². The molecule has 0 aromatic heterocycles. The Labute approximate surface area is 90.7 Å². The number of nitrogens with zero attached hydrogens (tertiary/aromatic N) is 1. The van der Waals surface area contributed by atoms with E-state index in [9.17, 15) is 0 Å². The van der Waals surface area contributed by atoms with Crippen molar-refractivity contribution in [1.29, 1.82) is 5.26 Å². The van der Waals surface area contributed by atoms with Gasteiger partial charge in [-0.15, -0.1) is 0 Å². The van der Waals surface area contributed by atoms with Gasteiger partial charge in [0.1, 0.15) is 0 Å². The van der Waals surface area contributed by atoms with E-state index in [1.54, 1.807) is 12.2 Å². The Morgan fingerprint density at radius 2 is 2.07 bits per heavy atom. The van der Waals surface area contributed by atoms with Crippen molar-refractivity contribution >= 4 is 17.7 Å². The monoisotopic (exact) mass is 195 g/mol. The summed E-state index contributed by atoms with van der Waals surface area (Å²) >= 11 is 0. The largest absolute Gasteiger partial charge is 0.198 e. The lowest BCUT2D eigenvalue weighted by atomic mass is 9.95. The van der Waals surface area contributed by atoms with E-state index in [0.717, 1.165) is 22.3 Å². The van der Waals surface area contributed by atoms with Gasteiger partial charge < -0.3 is 0 Å². The van der Waals surface area contributed by atoms with E-state index in [1.165, 1.54) is 0 Å². The number of hydrogen-bond acceptors (Lipinski definition) is 1. The zero-order valence-corrected chi connectivity index (χ0v) is 8.66. The summed E-state index contributed by atoms with van der Waals surface area (Å²) in [6.45, 7) is 11.4. The summed E-state index contributed by atoms with van der Waals surface area (Å²) < 4.78 is 0. The van der Waals surface area contributed by atoms with Crippen molar-refractivity contribution in [1.82, 2.24) is 0 Å². The van der Waals surface area contributed by atoms with E-state index in [4.69, 9.17) is 5.26 Å². The molecule has 1 heteroatoms. The Morgan fingerprint density at radius 3 is 2.60 bits per heavy atom. The van der Waals surface area contributed by atoms with Crippen LogP contribution in [-0.4, -0.2) is 0 Å². The molecule has 0 saturated heterocycles. The summed E-state index contributed by atoms with van der Waals surface area (Å²) in [6.07, 6.45) is 3.89. The SMILES string of the molecule is C=Cc1cccc(C(=C)CC#N)c1C=C. The summed E-state index contributed by atoms with van der Waals surface area (Å²) in [5.74, 6) is 0. The predicted molar refractivity (Wildman–Crippen MR) is 65.9 cm³/mol. The number of nitriles is 1. The van der Waals surface area contributed by atoms with Crippen LogP contribution in [0.4, 0.5) is 0 Å². The van der Waals surface area contributed by atoms with Gasteiger partial charge in [0.15, 0.2) is 0 Å². The molecule has 0 heterocycles. The van der Waals surface area contributed by atoms with Gasteiger partial charge >= 0.3 is 0 Å². The number of hydrogen-bond donors (Lipinski definition) is 0. The van der Waals surface area contributed by atoms with Crippen molar-refractivity contribution in [3.05, 3.63) is 54.6 Å². The molecule has 1 aromatic carbocycles. The molecule has 74 valence electrons. The van der Waals surface area contributed by atoms with Gasteiger partial charge in [0, 0.05) is 0 Å². The van der Waals surface area contributed by atoms with Crippen LogP contribution in [0.2, 0.25) is 0 Å². The third-order valence-electron chi connectivity index (χ3n) is 2.24. The van der Waals surface area contributed by atoms with Crippen LogP contribution in [0.3, 0.4) is 0 Å². The molecule has 0 unspecified atom stereocenters. The van der Waals surface area contributed by atoms with Crippen molar-refractivity contribution in [3.63, 3.8) is 0 Å². The van der Waals surface area contributed by atoms with Crippen LogP contribution in [0.15, 0.2) is 37.9 Å². The first kappa shape index (κ1) is 11.0. The average molecular weight is 195 g/mol. The molecule has 0 aliphatic carbocycles. The first-order chi connectivity index (χ1) is 7.24. The number of benzene rings is 1. The maximum absolute atomic E-state index is 8.63. The Bertz CT molecular complexity index is 447. The Hall–Kier alpha value is -2.07. The molecular formula is C14H13N. The quantitative estimate of drug-likeness (QED) is 0.714. The standard InChI is InChI=1S/C14H13N/c1-4-12-7-6-8-14(13(12)5-2)11(3)9-10-15/h4-8H,1-3,9H2. The molecule has 0 radical (unpaired) electrons. The van der Waals surface area contributed by atoms with Crippen molar-refractivity contribution < 1.29 is 0 Å². The third-order valence-corrected chi connectivity index (χ3v) is 2.24. The summed E-state index contributed by atoms with van der Waals surface area (Å²) in [6, 6.07) is 7.94. The molecule has 0 atom stereocenters. The molecule has 1 nitrogen and oxygen atoms in total. The molecular weight excluding hydrogens is 182 g/mol. The Morgan fingerprint density at radius 1 is 1.33 bits per heavy atom. The maximum atomic E-state index is 8.63. The van der Waals surface area contributed by atoms with E-state index in [1.807, 2.05) is 18.2 Å². The van der Waals surface area contributed by atoms with Crippen LogP contribution >= 0.6 is 0 Å². The fourth-order valence-corrected chi connectivity index (χ4v) is 1.49. The average Bonchev–Trinajstić information content (AvgIpc) is 2.28. The molecule has 0 aliphatic rings. The van der Waals surface area contributed by atoms with Crippen molar-refractivity contribution in [2.75, 3.05) is 0 Å². The van der Waals surface area contributed by atoms with E-state index in [-0.39, 0.29) is 0 Å². The van der Waals surface area contributed by atoms with Gasteiger partial charge in [-0.2, -0.15) is 5.26 Å². The van der Waals surface area contributed by atoms with E-state index >= 15 is 0 Å². The lowest BCUT2D eigenvalue weighted by molar-refractivity contribution is 1.35. The van der Waals surface area contributed by atoms with E-state index < -0.39 is 0 Å². The third kappa shape index (κ3) is 2.24. The van der Waals surface area contributed by atoms with Crippen LogP contribution in [0, 0.1) is 11.3 Å². The molecule has 0 bridgehead atoms. The molecule has 0 amide bonds. The Balaban J connectivity index is 3.30. The summed E-state index contributed by atoms with van der Waals surface area (Å²) in [4.78, 5) is 0. The molecule has 0 spiro atoms. The molecule has 1 rings (SSSR count). The van der Waals surface area contributed by atoms with Gasteiger partial charge in [-0.3, -0.25) is 0 Å². The minimum atomic E-state index is 0.335. The molecule has 15 heavy (non-hydrogen) atoms. The predicted octanol–water partition coefficient (Wildman–Crippen LogP) is 3.90. The topological polar surface area (TPSA) is 23.8 Å². The van der Waals surface area contributed by atoms with Crippen molar-refractivity contribution in [2.24, 2.45) is 0 Å². The highest BCUT2D eigenvalue weighted by Gasteiger charge is 2.05. The normalized spacial score (nSPS) is 9.00. The minimum Gasteiger partial charge on any atom is -0.198 e. The summed E-state index contributed by atoms with van der Waals surface area (Å²) in [5, 5.41) is 8.63. The molecule has 0 fully saturated rings. The second kappa shape index (κ2) is 4.97. The van der Waals surface area contributed by atoms with Crippen LogP contribution in [-0.2, 0) is 0 Å². The van der Waals surface area contributed by atoms with Crippen LogP contribution < -0.4 is 0 Å². The second-order valence-electron chi connectivity index (χ2n) is 3.16. The fourth-order valence-electron chi connectivity index (χ4n) is 1.49. The van der Waals surface area contributed by atoms with E-state index in [0.29, 0.717) is 6.42 Å². The van der Waals surface area contributed by atoms with Gasteiger partial charge in [0.25, 0.3) is 0 Å². The zero-order chi connectivity index (χ0) is 11.3. The van der Waals surface area contributed by atoms with Crippen molar-refractivity contribution in [3.8, 4) is 6.07 Å². The number of allylic oxidation sites excluding steroid dienone is 1. The number of rotatable bonds is 4. The fraction of sp³-hybridized carbons (Fsp3) is 0.0714. The smallest absolute Gasteiger partial charge is 0.0669 e. The van der Waals surface area contributed by atoms with Crippen LogP contribution in [0.5, 0.6) is 0 Å². The first-order valence-electron chi connectivity index (χ1n) is 4.67. The highest BCUT2D eigenvalue weighted by molar-refractivity contribution is 5.78. The van der Waals surface area contributed by atoms with Gasteiger partial charge in [-0.25, -0.2) is 0 Å². The second-order valence-corrected chi connectivity index (χ2v) is 3.16. The first-order valence-corrected chi connectivity index (χ1v) is 4.67. The van der Waals surface area contributed by atoms with Crippen molar-refractivity contribution in [2.45, 2.75) is 6.42 Å². The zero-order valence-electron chi connectivity index (χ0n) is 8.66. The van der Waals surface area contributed by atoms with Gasteiger partial charge in [-0.05, 0) is 22.3 Å². The molecule has 0 aliphatic heterocycles. The maximum Gasteiger partial charge on any atom is 0.0669 e. The lowest BCUT2D eigenvalue weighted by Crippen LogP contribution is -1.90. The highest BCUT2D eigenvalue weighted by atomic mass is 14.2. The van der Waals surface area contributed by atoms with Gasteiger partial charge in [0.2, 0.25) is 0 Å². The van der Waals surface area contributed by atoms with Gasteiger partial charge in [-0.1, -0.05) is 50.1 Å².